The topological polar surface area (TPSA) is 43.6 Å². The molecule has 90 valence electrons. The van der Waals surface area contributed by atoms with Gasteiger partial charge in [0.25, 0.3) is 0 Å². The standard InChI is InChI=1S/C13H11BrN4/c1-9-11-4-2-3-5-12(11)17-13(16-9)8-18-7-10(14)6-15-18/h2-7H,8H2,1H3. The van der Waals surface area contributed by atoms with Crippen LogP contribution in [0.5, 0.6) is 0 Å². The van der Waals surface area contributed by atoms with Crippen LogP contribution in [0.15, 0.2) is 41.1 Å². The maximum absolute atomic E-state index is 4.55. The molecule has 0 N–H and O–H groups in total. The van der Waals surface area contributed by atoms with Crippen LogP contribution in [-0.4, -0.2) is 19.7 Å². The van der Waals surface area contributed by atoms with Gasteiger partial charge in [-0.05, 0) is 28.9 Å². The first kappa shape index (κ1) is 11.3. The van der Waals surface area contributed by atoms with Gasteiger partial charge in [-0.3, -0.25) is 4.68 Å². The van der Waals surface area contributed by atoms with E-state index in [1.165, 1.54) is 0 Å². The molecule has 1 aromatic carbocycles. The zero-order valence-electron chi connectivity index (χ0n) is 9.84. The van der Waals surface area contributed by atoms with E-state index >= 15 is 0 Å². The number of halogens is 1. The third kappa shape index (κ3) is 2.13. The van der Waals surface area contributed by atoms with Crippen molar-refractivity contribution in [3.63, 3.8) is 0 Å². The van der Waals surface area contributed by atoms with Crippen molar-refractivity contribution in [1.82, 2.24) is 19.7 Å². The van der Waals surface area contributed by atoms with Crippen molar-refractivity contribution in [2.75, 3.05) is 0 Å². The van der Waals surface area contributed by atoms with Crippen LogP contribution in [0.1, 0.15) is 11.5 Å². The van der Waals surface area contributed by atoms with E-state index in [0.29, 0.717) is 6.54 Å². The van der Waals surface area contributed by atoms with E-state index in [2.05, 4.69) is 31.0 Å². The van der Waals surface area contributed by atoms with Gasteiger partial charge in [0, 0.05) is 17.3 Å². The normalized spacial score (nSPS) is 11.0. The van der Waals surface area contributed by atoms with Gasteiger partial charge in [-0.2, -0.15) is 5.10 Å². The highest BCUT2D eigenvalue weighted by Gasteiger charge is 2.05. The fourth-order valence-electron chi connectivity index (χ4n) is 1.94. The molecule has 0 saturated heterocycles. The van der Waals surface area contributed by atoms with Crippen LogP contribution in [0, 0.1) is 6.92 Å². The van der Waals surface area contributed by atoms with Crippen molar-refractivity contribution in [2.24, 2.45) is 0 Å². The number of nitrogens with zero attached hydrogens (tertiary/aromatic N) is 4. The first-order valence-electron chi connectivity index (χ1n) is 5.62. The van der Waals surface area contributed by atoms with Gasteiger partial charge in [0.1, 0.15) is 6.54 Å². The number of aromatic nitrogens is 4. The molecule has 2 heterocycles. The Morgan fingerprint density at radius 2 is 2.06 bits per heavy atom. The Labute approximate surface area is 113 Å². The van der Waals surface area contributed by atoms with Gasteiger partial charge in [0.2, 0.25) is 0 Å². The summed E-state index contributed by atoms with van der Waals surface area (Å²) in [4.78, 5) is 9.07. The van der Waals surface area contributed by atoms with Crippen LogP contribution in [0.4, 0.5) is 0 Å². The molecule has 4 nitrogen and oxygen atoms in total. The van der Waals surface area contributed by atoms with Gasteiger partial charge in [-0.15, -0.1) is 0 Å². The summed E-state index contributed by atoms with van der Waals surface area (Å²) in [5.74, 6) is 0.779. The van der Waals surface area contributed by atoms with Gasteiger partial charge in [-0.25, -0.2) is 9.97 Å². The van der Waals surface area contributed by atoms with Crippen molar-refractivity contribution in [1.29, 1.82) is 0 Å². The summed E-state index contributed by atoms with van der Waals surface area (Å²) in [7, 11) is 0. The summed E-state index contributed by atoms with van der Waals surface area (Å²) in [6, 6.07) is 8.04. The highest BCUT2D eigenvalue weighted by atomic mass is 79.9. The highest BCUT2D eigenvalue weighted by Crippen LogP contribution is 2.15. The van der Waals surface area contributed by atoms with E-state index in [-0.39, 0.29) is 0 Å². The summed E-state index contributed by atoms with van der Waals surface area (Å²) >= 11 is 3.38. The van der Waals surface area contributed by atoms with Crippen LogP contribution in [0.2, 0.25) is 0 Å². The van der Waals surface area contributed by atoms with Crippen LogP contribution in [0.3, 0.4) is 0 Å². The molecule has 5 heteroatoms. The van der Waals surface area contributed by atoms with Crippen LogP contribution in [-0.2, 0) is 6.54 Å². The first-order valence-corrected chi connectivity index (χ1v) is 6.42. The molecule has 0 bridgehead atoms. The summed E-state index contributed by atoms with van der Waals surface area (Å²) in [6.07, 6.45) is 3.67. The third-order valence-electron chi connectivity index (χ3n) is 2.75. The molecule has 0 aliphatic heterocycles. The Bertz CT molecular complexity index is 705. The molecule has 0 unspecified atom stereocenters. The highest BCUT2D eigenvalue weighted by molar-refractivity contribution is 9.10. The van der Waals surface area contributed by atoms with Crippen LogP contribution < -0.4 is 0 Å². The van der Waals surface area contributed by atoms with E-state index in [1.54, 1.807) is 6.20 Å². The minimum absolute atomic E-state index is 0.581. The lowest BCUT2D eigenvalue weighted by atomic mass is 10.2. The Balaban J connectivity index is 2.02. The smallest absolute Gasteiger partial charge is 0.150 e. The number of benzene rings is 1. The van der Waals surface area contributed by atoms with Crippen molar-refractivity contribution in [2.45, 2.75) is 13.5 Å². The molecule has 0 atom stereocenters. The summed E-state index contributed by atoms with van der Waals surface area (Å²) in [5.41, 5.74) is 1.98. The second kappa shape index (κ2) is 4.49. The molecule has 0 saturated carbocycles. The molecular weight excluding hydrogens is 292 g/mol. The molecule has 3 rings (SSSR count). The predicted molar refractivity (Wildman–Crippen MR) is 73.3 cm³/mol. The van der Waals surface area contributed by atoms with Crippen molar-refractivity contribution >= 4 is 26.8 Å². The number of para-hydroxylation sites is 1. The average molecular weight is 303 g/mol. The molecule has 0 amide bonds. The van der Waals surface area contributed by atoms with Crippen molar-refractivity contribution in [3.05, 3.63) is 52.7 Å². The predicted octanol–water partition coefficient (Wildman–Crippen LogP) is 2.95. The minimum atomic E-state index is 0.581. The van der Waals surface area contributed by atoms with E-state index in [1.807, 2.05) is 42.1 Å². The lowest BCUT2D eigenvalue weighted by molar-refractivity contribution is 0.656. The lowest BCUT2D eigenvalue weighted by Gasteiger charge is -2.05. The molecule has 0 aliphatic carbocycles. The van der Waals surface area contributed by atoms with Crippen LogP contribution >= 0.6 is 15.9 Å². The van der Waals surface area contributed by atoms with E-state index < -0.39 is 0 Å². The summed E-state index contributed by atoms with van der Waals surface area (Å²) in [5, 5.41) is 5.31. The minimum Gasteiger partial charge on any atom is -0.264 e. The van der Waals surface area contributed by atoms with Gasteiger partial charge in [0.05, 0.1) is 16.2 Å². The second-order valence-corrected chi connectivity index (χ2v) is 5.01. The number of aryl methyl sites for hydroxylation is 1. The molecule has 18 heavy (non-hydrogen) atoms. The van der Waals surface area contributed by atoms with Crippen molar-refractivity contribution < 1.29 is 0 Å². The Hall–Kier alpha value is -1.75. The number of rotatable bonds is 2. The van der Waals surface area contributed by atoms with Gasteiger partial charge >= 0.3 is 0 Å². The summed E-state index contributed by atoms with van der Waals surface area (Å²) in [6.45, 7) is 2.59. The number of hydrogen-bond acceptors (Lipinski definition) is 3. The molecule has 2 aromatic heterocycles. The molecule has 3 aromatic rings. The Kier molecular flexibility index (Phi) is 2.83. The van der Waals surface area contributed by atoms with E-state index in [0.717, 1.165) is 26.9 Å². The fourth-order valence-corrected chi connectivity index (χ4v) is 2.26. The zero-order chi connectivity index (χ0) is 12.5. The maximum Gasteiger partial charge on any atom is 0.150 e. The van der Waals surface area contributed by atoms with Gasteiger partial charge < -0.3 is 0 Å². The van der Waals surface area contributed by atoms with Crippen molar-refractivity contribution in [3.8, 4) is 0 Å². The Morgan fingerprint density at radius 1 is 1.22 bits per heavy atom. The quantitative estimate of drug-likeness (QED) is 0.731. The summed E-state index contributed by atoms with van der Waals surface area (Å²) < 4.78 is 2.77. The molecular formula is C13H11BrN4. The largest absolute Gasteiger partial charge is 0.264 e. The monoisotopic (exact) mass is 302 g/mol. The lowest BCUT2D eigenvalue weighted by Crippen LogP contribution is -2.06. The first-order chi connectivity index (χ1) is 8.72. The fraction of sp³-hybridized carbons (Fsp3) is 0.154. The molecule has 0 fully saturated rings. The number of fused-ring (bicyclic) bond motifs is 1. The molecule has 0 radical (unpaired) electrons. The maximum atomic E-state index is 4.55. The average Bonchev–Trinajstić information content (AvgIpc) is 2.75. The van der Waals surface area contributed by atoms with Gasteiger partial charge in [-0.1, -0.05) is 18.2 Å². The second-order valence-electron chi connectivity index (χ2n) is 4.10. The molecule has 0 spiro atoms. The van der Waals surface area contributed by atoms with E-state index in [4.69, 9.17) is 0 Å². The van der Waals surface area contributed by atoms with Gasteiger partial charge in [0.15, 0.2) is 5.82 Å². The number of hydrogen-bond donors (Lipinski definition) is 0. The third-order valence-corrected chi connectivity index (χ3v) is 3.15. The van der Waals surface area contributed by atoms with Crippen LogP contribution in [0.25, 0.3) is 10.9 Å². The van der Waals surface area contributed by atoms with E-state index in [9.17, 15) is 0 Å². The zero-order valence-corrected chi connectivity index (χ0v) is 11.4. The SMILES string of the molecule is Cc1nc(Cn2cc(Br)cn2)nc2ccccc12. The Morgan fingerprint density at radius 3 is 2.83 bits per heavy atom. The molecule has 0 aliphatic rings.